The van der Waals surface area contributed by atoms with Crippen molar-refractivity contribution in [3.8, 4) is 0 Å². The van der Waals surface area contributed by atoms with E-state index in [4.69, 9.17) is 0 Å². The SMILES string of the molecule is CCCCN(C)C[C@@H](C)NC(=O)CCNC(=O)c1ccc2ccccc2c1. The first-order valence-corrected chi connectivity index (χ1v) is 9.74. The summed E-state index contributed by atoms with van der Waals surface area (Å²) >= 11 is 0. The zero-order chi connectivity index (χ0) is 19.6. The van der Waals surface area contributed by atoms with Gasteiger partial charge >= 0.3 is 0 Å². The van der Waals surface area contributed by atoms with Crippen LogP contribution in [0, 0.1) is 0 Å². The van der Waals surface area contributed by atoms with Crippen molar-refractivity contribution in [2.75, 3.05) is 26.7 Å². The van der Waals surface area contributed by atoms with Crippen LogP contribution in [0.1, 0.15) is 43.5 Å². The van der Waals surface area contributed by atoms with Gasteiger partial charge in [-0.05, 0) is 49.8 Å². The van der Waals surface area contributed by atoms with E-state index in [0.29, 0.717) is 12.1 Å². The maximum Gasteiger partial charge on any atom is 0.251 e. The van der Waals surface area contributed by atoms with Crippen LogP contribution in [0.4, 0.5) is 0 Å². The van der Waals surface area contributed by atoms with Crippen molar-refractivity contribution in [2.45, 2.75) is 39.2 Å². The Morgan fingerprint density at radius 2 is 1.85 bits per heavy atom. The Morgan fingerprint density at radius 1 is 1.11 bits per heavy atom. The largest absolute Gasteiger partial charge is 0.352 e. The van der Waals surface area contributed by atoms with Gasteiger partial charge in [0.2, 0.25) is 5.91 Å². The summed E-state index contributed by atoms with van der Waals surface area (Å²) in [5.41, 5.74) is 0.611. The number of benzene rings is 2. The summed E-state index contributed by atoms with van der Waals surface area (Å²) in [6.07, 6.45) is 2.61. The lowest BCUT2D eigenvalue weighted by Crippen LogP contribution is -2.42. The molecule has 0 aliphatic rings. The maximum atomic E-state index is 12.3. The number of unbranched alkanes of at least 4 members (excludes halogenated alkanes) is 1. The number of nitrogens with zero attached hydrogens (tertiary/aromatic N) is 1. The number of fused-ring (bicyclic) bond motifs is 1. The van der Waals surface area contributed by atoms with E-state index < -0.39 is 0 Å². The van der Waals surface area contributed by atoms with Crippen molar-refractivity contribution in [3.05, 3.63) is 48.0 Å². The van der Waals surface area contributed by atoms with Gasteiger partial charge in [0.1, 0.15) is 0 Å². The average molecular weight is 370 g/mol. The van der Waals surface area contributed by atoms with E-state index in [1.54, 1.807) is 0 Å². The first-order valence-electron chi connectivity index (χ1n) is 9.74. The normalized spacial score (nSPS) is 12.1. The van der Waals surface area contributed by atoms with Crippen molar-refractivity contribution in [3.63, 3.8) is 0 Å². The second-order valence-electron chi connectivity index (χ2n) is 7.15. The molecular weight excluding hydrogens is 338 g/mol. The third kappa shape index (κ3) is 7.02. The molecule has 2 N–H and O–H groups in total. The Hall–Kier alpha value is -2.40. The fraction of sp³-hybridized carbons (Fsp3) is 0.455. The molecule has 0 bridgehead atoms. The molecule has 2 aromatic carbocycles. The summed E-state index contributed by atoms with van der Waals surface area (Å²) in [6.45, 7) is 6.38. The number of likely N-dealkylation sites (N-methyl/N-ethyl adjacent to an activating group) is 1. The Morgan fingerprint density at radius 3 is 2.59 bits per heavy atom. The second-order valence-corrected chi connectivity index (χ2v) is 7.15. The predicted molar refractivity (Wildman–Crippen MR) is 111 cm³/mol. The number of carbonyl (C=O) groups is 2. The Labute approximate surface area is 162 Å². The van der Waals surface area contributed by atoms with Crippen LogP contribution in [-0.2, 0) is 4.79 Å². The molecule has 27 heavy (non-hydrogen) atoms. The fourth-order valence-electron chi connectivity index (χ4n) is 3.10. The van der Waals surface area contributed by atoms with E-state index in [2.05, 4.69) is 29.5 Å². The van der Waals surface area contributed by atoms with Gasteiger partial charge in [0, 0.05) is 31.1 Å². The van der Waals surface area contributed by atoms with Crippen molar-refractivity contribution in [1.82, 2.24) is 15.5 Å². The molecule has 2 amide bonds. The van der Waals surface area contributed by atoms with Gasteiger partial charge in [-0.25, -0.2) is 0 Å². The highest BCUT2D eigenvalue weighted by Gasteiger charge is 2.11. The van der Waals surface area contributed by atoms with Gasteiger partial charge in [-0.1, -0.05) is 43.7 Å². The quantitative estimate of drug-likeness (QED) is 0.676. The number of hydrogen-bond donors (Lipinski definition) is 2. The predicted octanol–water partition coefficient (Wildman–Crippen LogP) is 3.20. The molecule has 0 fully saturated rings. The third-order valence-electron chi connectivity index (χ3n) is 4.54. The minimum atomic E-state index is -0.152. The summed E-state index contributed by atoms with van der Waals surface area (Å²) < 4.78 is 0. The molecule has 0 heterocycles. The first kappa shape index (κ1) is 20.9. The van der Waals surface area contributed by atoms with E-state index in [1.807, 2.05) is 49.4 Å². The first-order chi connectivity index (χ1) is 13.0. The summed E-state index contributed by atoms with van der Waals surface area (Å²) in [6, 6.07) is 13.6. The van der Waals surface area contributed by atoms with Crippen molar-refractivity contribution >= 4 is 22.6 Å². The van der Waals surface area contributed by atoms with Crippen LogP contribution in [0.3, 0.4) is 0 Å². The molecule has 1 atom stereocenters. The molecule has 0 saturated heterocycles. The lowest BCUT2D eigenvalue weighted by molar-refractivity contribution is -0.121. The fourth-order valence-corrected chi connectivity index (χ4v) is 3.10. The van der Waals surface area contributed by atoms with Gasteiger partial charge in [0.25, 0.3) is 5.91 Å². The van der Waals surface area contributed by atoms with Crippen LogP contribution < -0.4 is 10.6 Å². The van der Waals surface area contributed by atoms with E-state index in [1.165, 1.54) is 6.42 Å². The number of carbonyl (C=O) groups excluding carboxylic acids is 2. The second kappa shape index (κ2) is 10.7. The number of nitrogens with one attached hydrogen (secondary N) is 2. The van der Waals surface area contributed by atoms with E-state index in [0.717, 1.165) is 30.3 Å². The molecule has 0 aliphatic carbocycles. The molecule has 2 aromatic rings. The summed E-state index contributed by atoms with van der Waals surface area (Å²) in [7, 11) is 2.07. The van der Waals surface area contributed by atoms with Crippen LogP contribution in [0.25, 0.3) is 10.8 Å². The molecule has 0 saturated carbocycles. The van der Waals surface area contributed by atoms with Gasteiger partial charge < -0.3 is 15.5 Å². The lowest BCUT2D eigenvalue weighted by Gasteiger charge is -2.22. The van der Waals surface area contributed by atoms with Crippen LogP contribution in [0.2, 0.25) is 0 Å². The number of rotatable bonds is 10. The van der Waals surface area contributed by atoms with Crippen LogP contribution in [0.5, 0.6) is 0 Å². The standard InChI is InChI=1S/C22H31N3O2/c1-4-5-14-25(3)16-17(2)24-21(26)12-13-23-22(27)20-11-10-18-8-6-7-9-19(18)15-20/h6-11,15,17H,4-5,12-14,16H2,1-3H3,(H,23,27)(H,24,26)/t17-/m1/s1. The molecule has 0 radical (unpaired) electrons. The lowest BCUT2D eigenvalue weighted by atomic mass is 10.1. The molecule has 0 unspecified atom stereocenters. The minimum absolute atomic E-state index is 0.0368. The maximum absolute atomic E-state index is 12.3. The van der Waals surface area contributed by atoms with E-state index in [9.17, 15) is 9.59 Å². The van der Waals surface area contributed by atoms with Gasteiger partial charge in [-0.3, -0.25) is 9.59 Å². The molecular formula is C22H31N3O2. The summed E-state index contributed by atoms with van der Waals surface area (Å²) in [5.74, 6) is -0.189. The number of hydrogen-bond acceptors (Lipinski definition) is 3. The van der Waals surface area contributed by atoms with Crippen LogP contribution in [0.15, 0.2) is 42.5 Å². The minimum Gasteiger partial charge on any atom is -0.352 e. The van der Waals surface area contributed by atoms with Crippen LogP contribution >= 0.6 is 0 Å². The molecule has 2 rings (SSSR count). The van der Waals surface area contributed by atoms with Crippen molar-refractivity contribution < 1.29 is 9.59 Å². The summed E-state index contributed by atoms with van der Waals surface area (Å²) in [4.78, 5) is 26.6. The van der Waals surface area contributed by atoms with Gasteiger partial charge in [-0.2, -0.15) is 0 Å². The highest BCUT2D eigenvalue weighted by atomic mass is 16.2. The molecule has 0 aromatic heterocycles. The monoisotopic (exact) mass is 369 g/mol. The third-order valence-corrected chi connectivity index (χ3v) is 4.54. The molecule has 5 heteroatoms. The van der Waals surface area contributed by atoms with E-state index >= 15 is 0 Å². The smallest absolute Gasteiger partial charge is 0.251 e. The Kier molecular flexibility index (Phi) is 8.27. The summed E-state index contributed by atoms with van der Waals surface area (Å²) in [5, 5.41) is 7.95. The van der Waals surface area contributed by atoms with Gasteiger partial charge in [-0.15, -0.1) is 0 Å². The van der Waals surface area contributed by atoms with Crippen molar-refractivity contribution in [2.24, 2.45) is 0 Å². The highest BCUT2D eigenvalue weighted by Crippen LogP contribution is 2.15. The van der Waals surface area contributed by atoms with Crippen LogP contribution in [-0.4, -0.2) is 49.4 Å². The highest BCUT2D eigenvalue weighted by molar-refractivity contribution is 5.98. The van der Waals surface area contributed by atoms with Gasteiger partial charge in [0.05, 0.1) is 0 Å². The Balaban J connectivity index is 1.72. The zero-order valence-corrected chi connectivity index (χ0v) is 16.6. The molecule has 0 aliphatic heterocycles. The zero-order valence-electron chi connectivity index (χ0n) is 16.6. The van der Waals surface area contributed by atoms with Gasteiger partial charge in [0.15, 0.2) is 0 Å². The van der Waals surface area contributed by atoms with Crippen molar-refractivity contribution in [1.29, 1.82) is 0 Å². The average Bonchev–Trinajstić information content (AvgIpc) is 2.65. The Bertz CT molecular complexity index is 760. The molecule has 146 valence electrons. The molecule has 5 nitrogen and oxygen atoms in total. The topological polar surface area (TPSA) is 61.4 Å². The van der Waals surface area contributed by atoms with E-state index in [-0.39, 0.29) is 24.3 Å². The number of amides is 2. The molecule has 0 spiro atoms.